The van der Waals surface area contributed by atoms with Crippen LogP contribution < -0.4 is 27.0 Å². The van der Waals surface area contributed by atoms with Crippen LogP contribution in [0.5, 0.6) is 0 Å². The molecule has 0 saturated carbocycles. The van der Waals surface area contributed by atoms with Crippen molar-refractivity contribution >= 4 is 29.6 Å². The standard InChI is InChI=1S/C19H35N5O7/c1-8(2)13(18(29)24-14(9(3)4)19(30)31)23-17(28)12(7-25)22-16(27)11(6)21-15(26)10(5)20/h8-14,25H,7,20H2,1-6H3,(H,21,26)(H,22,27)(H,23,28)(H,24,29)(H,30,31)/t10-,11-,12-,13-,14-/m0/s1. The summed E-state index contributed by atoms with van der Waals surface area (Å²) in [6.45, 7) is 8.61. The van der Waals surface area contributed by atoms with Gasteiger partial charge in [0.05, 0.1) is 12.6 Å². The van der Waals surface area contributed by atoms with Crippen molar-refractivity contribution in [2.24, 2.45) is 17.6 Å². The predicted octanol–water partition coefficient (Wildman–Crippen LogP) is -2.32. The molecule has 4 amide bonds. The van der Waals surface area contributed by atoms with Crippen LogP contribution in [0.25, 0.3) is 0 Å². The predicted molar refractivity (Wildman–Crippen MR) is 111 cm³/mol. The topological polar surface area (TPSA) is 200 Å². The van der Waals surface area contributed by atoms with E-state index in [0.29, 0.717) is 0 Å². The lowest BCUT2D eigenvalue weighted by atomic mass is 10.00. The van der Waals surface area contributed by atoms with E-state index < -0.39 is 72.3 Å². The van der Waals surface area contributed by atoms with Gasteiger partial charge >= 0.3 is 5.97 Å². The summed E-state index contributed by atoms with van der Waals surface area (Å²) < 4.78 is 0. The molecule has 31 heavy (non-hydrogen) atoms. The molecule has 178 valence electrons. The normalized spacial score (nSPS) is 15.9. The Labute approximate surface area is 181 Å². The van der Waals surface area contributed by atoms with Crippen molar-refractivity contribution in [3.63, 3.8) is 0 Å². The number of carbonyl (C=O) groups is 5. The number of rotatable bonds is 12. The van der Waals surface area contributed by atoms with Crippen LogP contribution in [-0.2, 0) is 24.0 Å². The Hall–Kier alpha value is -2.73. The van der Waals surface area contributed by atoms with E-state index in [1.807, 2.05) is 0 Å². The molecule has 0 aliphatic carbocycles. The fraction of sp³-hybridized carbons (Fsp3) is 0.737. The lowest BCUT2D eigenvalue weighted by molar-refractivity contribution is -0.144. The summed E-state index contributed by atoms with van der Waals surface area (Å²) in [5.41, 5.74) is 5.42. The Kier molecular flexibility index (Phi) is 11.7. The van der Waals surface area contributed by atoms with Crippen molar-refractivity contribution in [1.82, 2.24) is 21.3 Å². The first-order chi connectivity index (χ1) is 14.2. The summed E-state index contributed by atoms with van der Waals surface area (Å²) >= 11 is 0. The SMILES string of the molecule is CC(C)[C@H](NC(=O)[C@@H](NC(=O)[C@H](CO)NC(=O)[C@H](C)NC(=O)[C@H](C)N)C(C)C)C(=O)O. The molecule has 0 saturated heterocycles. The molecule has 0 aromatic heterocycles. The zero-order valence-electron chi connectivity index (χ0n) is 18.8. The largest absolute Gasteiger partial charge is 0.480 e. The molecule has 0 bridgehead atoms. The first kappa shape index (κ1) is 28.3. The molecule has 5 atom stereocenters. The zero-order chi connectivity index (χ0) is 24.5. The third-order valence-electron chi connectivity index (χ3n) is 4.46. The smallest absolute Gasteiger partial charge is 0.326 e. The van der Waals surface area contributed by atoms with Gasteiger partial charge in [-0.15, -0.1) is 0 Å². The van der Waals surface area contributed by atoms with Gasteiger partial charge in [-0.1, -0.05) is 27.7 Å². The fourth-order valence-corrected chi connectivity index (χ4v) is 2.45. The van der Waals surface area contributed by atoms with Crippen molar-refractivity contribution in [3.05, 3.63) is 0 Å². The Bertz CT molecular complexity index is 666. The van der Waals surface area contributed by atoms with E-state index in [9.17, 15) is 34.2 Å². The fourth-order valence-electron chi connectivity index (χ4n) is 2.45. The van der Waals surface area contributed by atoms with Crippen LogP contribution in [0.1, 0.15) is 41.5 Å². The molecule has 0 aliphatic heterocycles. The summed E-state index contributed by atoms with van der Waals surface area (Å²) in [5, 5.41) is 28.2. The van der Waals surface area contributed by atoms with Crippen molar-refractivity contribution in [2.75, 3.05) is 6.61 Å². The maximum Gasteiger partial charge on any atom is 0.326 e. The third-order valence-corrected chi connectivity index (χ3v) is 4.46. The van der Waals surface area contributed by atoms with Crippen LogP contribution in [0.2, 0.25) is 0 Å². The number of aliphatic hydroxyl groups is 1. The Morgan fingerprint density at radius 3 is 1.58 bits per heavy atom. The van der Waals surface area contributed by atoms with Gasteiger partial charge in [0.1, 0.15) is 24.2 Å². The molecule has 0 heterocycles. The minimum absolute atomic E-state index is 0.387. The van der Waals surface area contributed by atoms with Gasteiger partial charge in [-0.25, -0.2) is 4.79 Å². The highest BCUT2D eigenvalue weighted by Gasteiger charge is 2.32. The maximum absolute atomic E-state index is 12.6. The number of nitrogens with two attached hydrogens (primary N) is 1. The molecule has 0 radical (unpaired) electrons. The molecule has 0 unspecified atom stereocenters. The summed E-state index contributed by atoms with van der Waals surface area (Å²) in [6.07, 6.45) is 0. The minimum atomic E-state index is -1.39. The summed E-state index contributed by atoms with van der Waals surface area (Å²) in [6, 6.07) is -5.50. The zero-order valence-corrected chi connectivity index (χ0v) is 18.8. The first-order valence-corrected chi connectivity index (χ1v) is 10.0. The number of hydrogen-bond acceptors (Lipinski definition) is 7. The molecule has 0 aromatic rings. The molecule has 0 spiro atoms. The third kappa shape index (κ3) is 9.30. The molecule has 8 N–H and O–H groups in total. The van der Waals surface area contributed by atoms with Crippen molar-refractivity contribution < 1.29 is 34.2 Å². The van der Waals surface area contributed by atoms with Crippen LogP contribution in [-0.4, -0.2) is 76.6 Å². The van der Waals surface area contributed by atoms with Gasteiger partial charge in [0.25, 0.3) is 0 Å². The van der Waals surface area contributed by atoms with Crippen LogP contribution in [0.4, 0.5) is 0 Å². The number of aliphatic carboxylic acids is 1. The van der Waals surface area contributed by atoms with Crippen molar-refractivity contribution in [3.8, 4) is 0 Å². The van der Waals surface area contributed by atoms with Crippen LogP contribution in [0, 0.1) is 11.8 Å². The average molecular weight is 446 g/mol. The van der Waals surface area contributed by atoms with E-state index in [1.54, 1.807) is 27.7 Å². The lowest BCUT2D eigenvalue weighted by Crippen LogP contribution is -2.60. The minimum Gasteiger partial charge on any atom is -0.480 e. The lowest BCUT2D eigenvalue weighted by Gasteiger charge is -2.27. The highest BCUT2D eigenvalue weighted by Crippen LogP contribution is 2.07. The van der Waals surface area contributed by atoms with Gasteiger partial charge in [-0.2, -0.15) is 0 Å². The Balaban J connectivity index is 5.19. The van der Waals surface area contributed by atoms with E-state index in [-0.39, 0.29) is 5.92 Å². The van der Waals surface area contributed by atoms with Crippen LogP contribution in [0.15, 0.2) is 0 Å². The molecular weight excluding hydrogens is 410 g/mol. The van der Waals surface area contributed by atoms with E-state index in [4.69, 9.17) is 5.73 Å². The molecule has 0 fully saturated rings. The number of carboxylic acid groups (broad SMARTS) is 1. The van der Waals surface area contributed by atoms with Gasteiger partial charge in [0.15, 0.2) is 0 Å². The highest BCUT2D eigenvalue weighted by molar-refractivity contribution is 5.95. The summed E-state index contributed by atoms with van der Waals surface area (Å²) in [4.78, 5) is 60.3. The van der Waals surface area contributed by atoms with Crippen molar-refractivity contribution in [2.45, 2.75) is 71.8 Å². The van der Waals surface area contributed by atoms with Gasteiger partial charge in [-0.05, 0) is 25.7 Å². The maximum atomic E-state index is 12.6. The number of carbonyl (C=O) groups excluding carboxylic acids is 4. The van der Waals surface area contributed by atoms with E-state index in [0.717, 1.165) is 0 Å². The number of aliphatic hydroxyl groups excluding tert-OH is 1. The molecular formula is C19H35N5O7. The van der Waals surface area contributed by atoms with Gasteiger partial charge in [0.2, 0.25) is 23.6 Å². The molecule has 12 heteroatoms. The van der Waals surface area contributed by atoms with Crippen LogP contribution in [0.3, 0.4) is 0 Å². The van der Waals surface area contributed by atoms with Crippen LogP contribution >= 0.6 is 0 Å². The van der Waals surface area contributed by atoms with Gasteiger partial charge < -0.3 is 37.2 Å². The number of nitrogens with one attached hydrogen (secondary N) is 4. The monoisotopic (exact) mass is 445 g/mol. The van der Waals surface area contributed by atoms with Crippen molar-refractivity contribution in [1.29, 1.82) is 0 Å². The second-order valence-electron chi connectivity index (χ2n) is 8.06. The summed E-state index contributed by atoms with van der Waals surface area (Å²) in [5.74, 6) is -4.86. The summed E-state index contributed by atoms with van der Waals surface area (Å²) in [7, 11) is 0. The molecule has 0 aliphatic rings. The number of hydrogen-bond donors (Lipinski definition) is 7. The Morgan fingerprint density at radius 1 is 0.710 bits per heavy atom. The van der Waals surface area contributed by atoms with E-state index in [1.165, 1.54) is 13.8 Å². The second-order valence-corrected chi connectivity index (χ2v) is 8.06. The quantitative estimate of drug-likeness (QED) is 0.173. The Morgan fingerprint density at radius 2 is 1.19 bits per heavy atom. The number of amides is 4. The molecule has 12 nitrogen and oxygen atoms in total. The van der Waals surface area contributed by atoms with Gasteiger partial charge in [-0.3, -0.25) is 19.2 Å². The van der Waals surface area contributed by atoms with E-state index >= 15 is 0 Å². The van der Waals surface area contributed by atoms with Gasteiger partial charge in [0, 0.05) is 0 Å². The number of carboxylic acids is 1. The average Bonchev–Trinajstić information content (AvgIpc) is 2.66. The highest BCUT2D eigenvalue weighted by atomic mass is 16.4. The van der Waals surface area contributed by atoms with E-state index in [2.05, 4.69) is 21.3 Å². The molecule has 0 rings (SSSR count). The second kappa shape index (κ2) is 12.8. The molecule has 0 aromatic carbocycles. The first-order valence-electron chi connectivity index (χ1n) is 10.0.